The molecule has 0 radical (unpaired) electrons. The largest absolute Gasteiger partial charge is 0.311 e. The molecule has 1 aliphatic heterocycles. The summed E-state index contributed by atoms with van der Waals surface area (Å²) >= 11 is 0. The summed E-state index contributed by atoms with van der Waals surface area (Å²) in [5.74, 6) is -2.67. The maximum absolute atomic E-state index is 12.4. The lowest BCUT2D eigenvalue weighted by molar-refractivity contribution is 0.0289. The lowest BCUT2D eigenvalue weighted by Crippen LogP contribution is -2.40. The first-order valence-electron chi connectivity index (χ1n) is 2.90. The first-order valence-corrected chi connectivity index (χ1v) is 2.90. The van der Waals surface area contributed by atoms with Crippen molar-refractivity contribution < 1.29 is 8.78 Å². The Morgan fingerprint density at radius 3 is 2.40 bits per heavy atom. The molecule has 0 spiro atoms. The van der Waals surface area contributed by atoms with Crippen LogP contribution in [0.15, 0.2) is 12.2 Å². The van der Waals surface area contributed by atoms with Crippen molar-refractivity contribution in [2.45, 2.75) is 12.3 Å². The van der Waals surface area contributed by atoms with Gasteiger partial charge in [-0.25, -0.2) is 8.78 Å². The highest BCUT2D eigenvalue weighted by Crippen LogP contribution is 2.26. The van der Waals surface area contributed by atoms with E-state index in [1.165, 1.54) is 0 Å². The first-order chi connectivity index (χ1) is 4.13. The van der Waals surface area contributed by atoms with Crippen LogP contribution in [0.25, 0.3) is 0 Å². The van der Waals surface area contributed by atoms with Crippen molar-refractivity contribution in [2.24, 2.45) is 0 Å². The monoisotopic (exact) mass is 169 g/mol. The summed E-state index contributed by atoms with van der Waals surface area (Å²) in [6, 6.07) is 0. The van der Waals surface area contributed by atoms with Gasteiger partial charge in [-0.2, -0.15) is 0 Å². The molecule has 1 N–H and O–H groups in total. The highest BCUT2D eigenvalue weighted by molar-refractivity contribution is 5.85. The standard InChI is InChI=1S/C6H9F2N.ClH/c1-5-2-3-9-4-6(5,7)8;/h9H,1-4H2;1H. The summed E-state index contributed by atoms with van der Waals surface area (Å²) in [5.41, 5.74) is 0.0567. The van der Waals surface area contributed by atoms with Crippen LogP contribution in [0.4, 0.5) is 8.78 Å². The van der Waals surface area contributed by atoms with Crippen molar-refractivity contribution in [3.63, 3.8) is 0 Å². The maximum atomic E-state index is 12.4. The van der Waals surface area contributed by atoms with Crippen molar-refractivity contribution in [3.05, 3.63) is 12.2 Å². The van der Waals surface area contributed by atoms with Crippen molar-refractivity contribution in [1.82, 2.24) is 5.32 Å². The van der Waals surface area contributed by atoms with E-state index in [1.54, 1.807) is 0 Å². The second-order valence-corrected chi connectivity index (χ2v) is 2.23. The van der Waals surface area contributed by atoms with Gasteiger partial charge in [0.15, 0.2) is 0 Å². The Morgan fingerprint density at radius 1 is 1.50 bits per heavy atom. The maximum Gasteiger partial charge on any atom is 0.281 e. The van der Waals surface area contributed by atoms with Crippen LogP contribution in [-0.2, 0) is 0 Å². The van der Waals surface area contributed by atoms with E-state index in [-0.39, 0.29) is 24.5 Å². The molecule has 0 aromatic carbocycles. The minimum absolute atomic E-state index is 0. The summed E-state index contributed by atoms with van der Waals surface area (Å²) in [6.45, 7) is 3.67. The minimum Gasteiger partial charge on any atom is -0.311 e. The van der Waals surface area contributed by atoms with E-state index < -0.39 is 5.92 Å². The Hall–Kier alpha value is -0.150. The van der Waals surface area contributed by atoms with E-state index in [9.17, 15) is 8.78 Å². The molecule has 1 saturated heterocycles. The molecule has 4 heteroatoms. The second-order valence-electron chi connectivity index (χ2n) is 2.23. The van der Waals surface area contributed by atoms with Crippen LogP contribution in [-0.4, -0.2) is 19.0 Å². The first kappa shape index (κ1) is 9.85. The Bertz CT molecular complexity index is 136. The van der Waals surface area contributed by atoms with E-state index in [1.807, 2.05) is 0 Å². The van der Waals surface area contributed by atoms with Gasteiger partial charge in [0.25, 0.3) is 5.92 Å². The molecular formula is C6H10ClF2N. The highest BCUT2D eigenvalue weighted by Gasteiger charge is 2.34. The van der Waals surface area contributed by atoms with Crippen molar-refractivity contribution in [3.8, 4) is 0 Å². The second kappa shape index (κ2) is 3.30. The zero-order chi connectivity index (χ0) is 6.91. The van der Waals surface area contributed by atoms with E-state index in [0.717, 1.165) is 0 Å². The van der Waals surface area contributed by atoms with Gasteiger partial charge >= 0.3 is 0 Å². The topological polar surface area (TPSA) is 12.0 Å². The molecule has 0 aliphatic carbocycles. The normalized spacial score (nSPS) is 23.6. The van der Waals surface area contributed by atoms with Crippen LogP contribution >= 0.6 is 12.4 Å². The Balaban J connectivity index is 0.000000810. The van der Waals surface area contributed by atoms with Crippen molar-refractivity contribution in [2.75, 3.05) is 13.1 Å². The summed E-state index contributed by atoms with van der Waals surface area (Å²) in [7, 11) is 0. The number of hydrogen-bond acceptors (Lipinski definition) is 1. The number of rotatable bonds is 0. The molecule has 0 unspecified atom stereocenters. The molecule has 0 atom stereocenters. The molecule has 1 fully saturated rings. The molecule has 0 amide bonds. The summed E-state index contributed by atoms with van der Waals surface area (Å²) in [6.07, 6.45) is 0.396. The zero-order valence-electron chi connectivity index (χ0n) is 5.49. The number of hydrogen-bond donors (Lipinski definition) is 1. The van der Waals surface area contributed by atoms with Crippen LogP contribution in [0.5, 0.6) is 0 Å². The number of piperidine rings is 1. The van der Waals surface area contributed by atoms with Gasteiger partial charge in [-0.1, -0.05) is 6.58 Å². The fourth-order valence-electron chi connectivity index (χ4n) is 0.793. The lowest BCUT2D eigenvalue weighted by Gasteiger charge is -2.24. The average Bonchev–Trinajstić information content (AvgIpc) is 1.77. The third-order valence-corrected chi connectivity index (χ3v) is 1.47. The van der Waals surface area contributed by atoms with Crippen LogP contribution in [0.1, 0.15) is 6.42 Å². The Morgan fingerprint density at radius 2 is 2.10 bits per heavy atom. The van der Waals surface area contributed by atoms with E-state index in [2.05, 4.69) is 11.9 Å². The van der Waals surface area contributed by atoms with Gasteiger partial charge < -0.3 is 5.32 Å². The molecule has 60 valence electrons. The molecule has 10 heavy (non-hydrogen) atoms. The van der Waals surface area contributed by atoms with Gasteiger partial charge in [0.2, 0.25) is 0 Å². The van der Waals surface area contributed by atoms with Crippen LogP contribution in [0.2, 0.25) is 0 Å². The van der Waals surface area contributed by atoms with E-state index >= 15 is 0 Å². The summed E-state index contributed by atoms with van der Waals surface area (Å²) in [4.78, 5) is 0. The smallest absolute Gasteiger partial charge is 0.281 e. The Labute approximate surface area is 64.9 Å². The van der Waals surface area contributed by atoms with Gasteiger partial charge in [0.05, 0.1) is 6.54 Å². The molecule has 1 rings (SSSR count). The third-order valence-electron chi connectivity index (χ3n) is 1.47. The van der Waals surface area contributed by atoms with Gasteiger partial charge in [-0.3, -0.25) is 0 Å². The van der Waals surface area contributed by atoms with Gasteiger partial charge in [0.1, 0.15) is 0 Å². The number of alkyl halides is 2. The lowest BCUT2D eigenvalue weighted by atomic mass is 10.0. The fraction of sp³-hybridized carbons (Fsp3) is 0.667. The van der Waals surface area contributed by atoms with Crippen LogP contribution in [0, 0.1) is 0 Å². The van der Waals surface area contributed by atoms with Crippen molar-refractivity contribution in [1.29, 1.82) is 0 Å². The molecule has 1 aliphatic rings. The quantitative estimate of drug-likeness (QED) is 0.543. The molecule has 1 nitrogen and oxygen atoms in total. The molecular weight excluding hydrogens is 160 g/mol. The predicted octanol–water partition coefficient (Wildman–Crippen LogP) is 1.59. The SMILES string of the molecule is C=C1CCNCC1(F)F.Cl. The van der Waals surface area contributed by atoms with Gasteiger partial charge in [-0.15, -0.1) is 12.4 Å². The molecule has 0 aromatic rings. The van der Waals surface area contributed by atoms with Crippen LogP contribution < -0.4 is 5.32 Å². The van der Waals surface area contributed by atoms with E-state index in [0.29, 0.717) is 13.0 Å². The van der Waals surface area contributed by atoms with Crippen molar-refractivity contribution >= 4 is 12.4 Å². The molecule has 1 heterocycles. The van der Waals surface area contributed by atoms with Gasteiger partial charge in [-0.05, 0) is 18.5 Å². The molecule has 0 aromatic heterocycles. The predicted molar refractivity (Wildman–Crippen MR) is 38.8 cm³/mol. The molecule has 0 saturated carbocycles. The highest BCUT2D eigenvalue weighted by atomic mass is 35.5. The van der Waals surface area contributed by atoms with E-state index in [4.69, 9.17) is 0 Å². The number of nitrogens with one attached hydrogen (secondary N) is 1. The minimum atomic E-state index is -2.67. The van der Waals surface area contributed by atoms with Crippen LogP contribution in [0.3, 0.4) is 0 Å². The third kappa shape index (κ3) is 1.92. The summed E-state index contributed by atoms with van der Waals surface area (Å²) < 4.78 is 24.9. The summed E-state index contributed by atoms with van der Waals surface area (Å²) in [5, 5.41) is 2.59. The average molecular weight is 170 g/mol. The number of halogens is 3. The Kier molecular flexibility index (Phi) is 3.25. The zero-order valence-corrected chi connectivity index (χ0v) is 6.31. The molecule has 0 bridgehead atoms. The van der Waals surface area contributed by atoms with Gasteiger partial charge in [0, 0.05) is 0 Å². The fourth-order valence-corrected chi connectivity index (χ4v) is 0.793.